The minimum Gasteiger partial charge on any atom is -0.205 e. The van der Waals surface area contributed by atoms with Crippen molar-refractivity contribution < 1.29 is 4.39 Å². The van der Waals surface area contributed by atoms with Crippen molar-refractivity contribution in [3.05, 3.63) is 58.3 Å². The van der Waals surface area contributed by atoms with Gasteiger partial charge in [-0.05, 0) is 17.7 Å². The van der Waals surface area contributed by atoms with Gasteiger partial charge in [0.25, 0.3) is 0 Å². The van der Waals surface area contributed by atoms with Crippen LogP contribution in [0.5, 0.6) is 0 Å². The van der Waals surface area contributed by atoms with Gasteiger partial charge in [-0.1, -0.05) is 53.5 Å². The highest BCUT2D eigenvalue weighted by Gasteiger charge is 2.09. The van der Waals surface area contributed by atoms with Crippen molar-refractivity contribution in [2.24, 2.45) is 0 Å². The monoisotopic (exact) mass is 240 g/mol. The van der Waals surface area contributed by atoms with Crippen LogP contribution in [0.15, 0.2) is 42.5 Å². The Morgan fingerprint density at radius 3 is 2.27 bits per heavy atom. The van der Waals surface area contributed by atoms with Gasteiger partial charge in [-0.15, -0.1) is 0 Å². The first kappa shape index (κ1) is 10.5. The van der Waals surface area contributed by atoms with Gasteiger partial charge in [-0.3, -0.25) is 0 Å². The number of rotatable bonds is 1. The maximum atomic E-state index is 13.7. The van der Waals surface area contributed by atoms with Crippen molar-refractivity contribution in [2.45, 2.75) is 0 Å². The van der Waals surface area contributed by atoms with Crippen molar-refractivity contribution in [3.8, 4) is 11.1 Å². The summed E-state index contributed by atoms with van der Waals surface area (Å²) >= 11 is 11.5. The van der Waals surface area contributed by atoms with Crippen LogP contribution < -0.4 is 0 Å². The Morgan fingerprint density at radius 1 is 0.933 bits per heavy atom. The molecule has 0 nitrogen and oxygen atoms in total. The lowest BCUT2D eigenvalue weighted by molar-refractivity contribution is 0.632. The highest BCUT2D eigenvalue weighted by atomic mass is 35.5. The fourth-order valence-electron chi connectivity index (χ4n) is 1.38. The van der Waals surface area contributed by atoms with E-state index in [-0.39, 0.29) is 5.02 Å². The van der Waals surface area contributed by atoms with Crippen LogP contribution in [0.25, 0.3) is 11.1 Å². The van der Waals surface area contributed by atoms with Crippen LogP contribution in [0.3, 0.4) is 0 Å². The molecule has 3 heteroatoms. The molecule has 0 saturated heterocycles. The van der Waals surface area contributed by atoms with Crippen LogP contribution in [0.2, 0.25) is 10.0 Å². The minimum absolute atomic E-state index is 0.0429. The number of hydrogen-bond acceptors (Lipinski definition) is 0. The van der Waals surface area contributed by atoms with Gasteiger partial charge < -0.3 is 0 Å². The zero-order valence-electron chi connectivity index (χ0n) is 7.68. The van der Waals surface area contributed by atoms with Crippen molar-refractivity contribution in [2.75, 3.05) is 0 Å². The standard InChI is InChI=1S/C12H7Cl2F/c13-9-6-10(12(15)11(14)7-9)8-4-2-1-3-5-8/h1-7H. The Bertz CT molecular complexity index is 480. The minimum atomic E-state index is -0.438. The molecule has 0 aromatic heterocycles. The van der Waals surface area contributed by atoms with E-state index in [1.807, 2.05) is 30.3 Å². The molecule has 0 spiro atoms. The lowest BCUT2D eigenvalue weighted by Gasteiger charge is -2.05. The molecule has 0 atom stereocenters. The van der Waals surface area contributed by atoms with Crippen LogP contribution in [-0.4, -0.2) is 0 Å². The molecule has 0 radical (unpaired) electrons. The lowest BCUT2D eigenvalue weighted by atomic mass is 10.1. The second kappa shape index (κ2) is 4.21. The molecule has 0 bridgehead atoms. The second-order valence-corrected chi connectivity index (χ2v) is 3.96. The zero-order chi connectivity index (χ0) is 10.8. The van der Waals surface area contributed by atoms with Crippen LogP contribution in [0.1, 0.15) is 0 Å². The summed E-state index contributed by atoms with van der Waals surface area (Å²) in [4.78, 5) is 0. The first-order chi connectivity index (χ1) is 7.18. The molecular weight excluding hydrogens is 234 g/mol. The zero-order valence-corrected chi connectivity index (χ0v) is 9.19. The van der Waals surface area contributed by atoms with E-state index >= 15 is 0 Å². The second-order valence-electron chi connectivity index (χ2n) is 3.12. The van der Waals surface area contributed by atoms with E-state index in [2.05, 4.69) is 0 Å². The van der Waals surface area contributed by atoms with Crippen molar-refractivity contribution in [1.29, 1.82) is 0 Å². The van der Waals surface area contributed by atoms with Gasteiger partial charge in [0.2, 0.25) is 0 Å². The molecular formula is C12H7Cl2F. The summed E-state index contributed by atoms with van der Waals surface area (Å²) in [6.45, 7) is 0. The predicted octanol–water partition coefficient (Wildman–Crippen LogP) is 4.80. The average Bonchev–Trinajstić information content (AvgIpc) is 2.24. The smallest absolute Gasteiger partial charge is 0.149 e. The first-order valence-electron chi connectivity index (χ1n) is 4.38. The molecule has 76 valence electrons. The molecule has 0 unspecified atom stereocenters. The molecule has 2 rings (SSSR count). The number of benzene rings is 2. The summed E-state index contributed by atoms with van der Waals surface area (Å²) in [5, 5.41) is 0.474. The van der Waals surface area contributed by atoms with Gasteiger partial charge in [0.05, 0.1) is 5.02 Å². The quantitative estimate of drug-likeness (QED) is 0.629. The molecule has 15 heavy (non-hydrogen) atoms. The van der Waals surface area contributed by atoms with Crippen LogP contribution in [0, 0.1) is 5.82 Å². The van der Waals surface area contributed by atoms with Gasteiger partial charge in [-0.25, -0.2) is 4.39 Å². The summed E-state index contributed by atoms with van der Waals surface area (Å²) in [6, 6.07) is 12.1. The topological polar surface area (TPSA) is 0 Å². The normalized spacial score (nSPS) is 10.3. The van der Waals surface area contributed by atoms with E-state index in [1.54, 1.807) is 6.07 Å². The van der Waals surface area contributed by atoms with E-state index < -0.39 is 5.82 Å². The summed E-state index contributed by atoms with van der Waals surface area (Å²) in [5.41, 5.74) is 1.19. The molecule has 0 heterocycles. The Hall–Kier alpha value is -1.05. The van der Waals surface area contributed by atoms with Gasteiger partial charge in [0, 0.05) is 10.6 Å². The van der Waals surface area contributed by atoms with Crippen LogP contribution in [0.4, 0.5) is 4.39 Å². The fraction of sp³-hybridized carbons (Fsp3) is 0. The van der Waals surface area contributed by atoms with Gasteiger partial charge in [-0.2, -0.15) is 0 Å². The van der Waals surface area contributed by atoms with E-state index in [9.17, 15) is 4.39 Å². The highest BCUT2D eigenvalue weighted by molar-refractivity contribution is 6.35. The summed E-state index contributed by atoms with van der Waals surface area (Å²) < 4.78 is 13.7. The van der Waals surface area contributed by atoms with Gasteiger partial charge in [0.1, 0.15) is 5.82 Å². The largest absolute Gasteiger partial charge is 0.205 e. The Balaban J connectivity index is 2.63. The maximum Gasteiger partial charge on any atom is 0.149 e. The molecule has 0 fully saturated rings. The molecule has 2 aromatic rings. The maximum absolute atomic E-state index is 13.7. The van der Waals surface area contributed by atoms with Crippen molar-refractivity contribution in [3.63, 3.8) is 0 Å². The Labute approximate surface area is 97.3 Å². The molecule has 0 amide bonds. The summed E-state index contributed by atoms with van der Waals surface area (Å²) in [7, 11) is 0. The Kier molecular flexibility index (Phi) is 2.94. The lowest BCUT2D eigenvalue weighted by Crippen LogP contribution is -1.85. The van der Waals surface area contributed by atoms with Crippen LogP contribution in [-0.2, 0) is 0 Å². The van der Waals surface area contributed by atoms with E-state index in [1.165, 1.54) is 6.07 Å². The summed E-state index contributed by atoms with van der Waals surface area (Å²) in [5.74, 6) is -0.438. The van der Waals surface area contributed by atoms with Gasteiger partial charge >= 0.3 is 0 Å². The number of hydrogen-bond donors (Lipinski definition) is 0. The van der Waals surface area contributed by atoms with E-state index in [0.29, 0.717) is 10.6 Å². The number of halogens is 3. The highest BCUT2D eigenvalue weighted by Crippen LogP contribution is 2.30. The molecule has 0 aliphatic carbocycles. The third kappa shape index (κ3) is 2.14. The van der Waals surface area contributed by atoms with Crippen molar-refractivity contribution >= 4 is 23.2 Å². The fourth-order valence-corrected chi connectivity index (χ4v) is 1.88. The third-order valence-electron chi connectivity index (χ3n) is 2.08. The molecule has 0 aliphatic rings. The van der Waals surface area contributed by atoms with E-state index in [4.69, 9.17) is 23.2 Å². The van der Waals surface area contributed by atoms with E-state index in [0.717, 1.165) is 5.56 Å². The van der Waals surface area contributed by atoms with Crippen molar-refractivity contribution in [1.82, 2.24) is 0 Å². The average molecular weight is 241 g/mol. The first-order valence-corrected chi connectivity index (χ1v) is 5.14. The molecule has 0 saturated carbocycles. The van der Waals surface area contributed by atoms with Crippen LogP contribution >= 0.6 is 23.2 Å². The SMILES string of the molecule is Fc1c(Cl)cc(Cl)cc1-c1ccccc1. The molecule has 0 aliphatic heterocycles. The molecule has 0 N–H and O–H groups in total. The molecule has 2 aromatic carbocycles. The third-order valence-corrected chi connectivity index (χ3v) is 2.57. The predicted molar refractivity (Wildman–Crippen MR) is 61.9 cm³/mol. The van der Waals surface area contributed by atoms with Gasteiger partial charge in [0.15, 0.2) is 0 Å². The Morgan fingerprint density at radius 2 is 1.60 bits per heavy atom. The summed E-state index contributed by atoms with van der Waals surface area (Å²) in [6.07, 6.45) is 0.